The quantitative estimate of drug-likeness (QED) is 0.756. The zero-order valence-corrected chi connectivity index (χ0v) is 15.6. The lowest BCUT2D eigenvalue weighted by molar-refractivity contribution is -0.119. The van der Waals surface area contributed by atoms with Crippen molar-refractivity contribution in [3.8, 4) is 11.4 Å². The second kappa shape index (κ2) is 8.89. The van der Waals surface area contributed by atoms with Crippen molar-refractivity contribution >= 4 is 17.7 Å². The summed E-state index contributed by atoms with van der Waals surface area (Å²) in [7, 11) is 0. The van der Waals surface area contributed by atoms with Crippen molar-refractivity contribution in [2.24, 2.45) is 0 Å². The maximum atomic E-state index is 12.7. The van der Waals surface area contributed by atoms with Gasteiger partial charge in [-0.05, 0) is 44.0 Å². The number of ether oxygens (including phenoxy) is 1. The van der Waals surface area contributed by atoms with Crippen LogP contribution >= 0.6 is 11.8 Å². The summed E-state index contributed by atoms with van der Waals surface area (Å²) in [5.74, 6) is 0.919. The number of nitrogens with zero attached hydrogens (tertiary/aromatic N) is 2. The van der Waals surface area contributed by atoms with E-state index in [0.29, 0.717) is 11.6 Å². The molecule has 0 spiro atoms. The topological polar surface area (TPSA) is 73.2 Å². The summed E-state index contributed by atoms with van der Waals surface area (Å²) in [6, 6.07) is 7.59. The Kier molecular flexibility index (Phi) is 6.33. The highest BCUT2D eigenvalue weighted by molar-refractivity contribution is 7.99. The van der Waals surface area contributed by atoms with Crippen LogP contribution in [0.15, 0.2) is 46.5 Å². The van der Waals surface area contributed by atoms with Crippen molar-refractivity contribution in [2.75, 3.05) is 12.4 Å². The molecule has 0 atom stereocenters. The van der Waals surface area contributed by atoms with Crippen LogP contribution in [0.4, 0.5) is 0 Å². The molecule has 1 heterocycles. The fourth-order valence-electron chi connectivity index (χ4n) is 3.04. The molecule has 6 nitrogen and oxygen atoms in total. The highest BCUT2D eigenvalue weighted by atomic mass is 32.2. The van der Waals surface area contributed by atoms with E-state index in [0.717, 1.165) is 24.3 Å². The largest absolute Gasteiger partial charge is 0.494 e. The molecule has 3 rings (SSSR count). The Morgan fingerprint density at radius 1 is 1.31 bits per heavy atom. The molecule has 26 heavy (non-hydrogen) atoms. The van der Waals surface area contributed by atoms with Gasteiger partial charge in [-0.25, -0.2) is 4.98 Å². The van der Waals surface area contributed by atoms with Gasteiger partial charge in [-0.2, -0.15) is 0 Å². The van der Waals surface area contributed by atoms with E-state index in [1.165, 1.54) is 29.2 Å². The third-order valence-corrected chi connectivity index (χ3v) is 5.26. The van der Waals surface area contributed by atoms with Gasteiger partial charge < -0.3 is 10.1 Å². The van der Waals surface area contributed by atoms with Gasteiger partial charge in [0.25, 0.3) is 5.56 Å². The molecule has 0 bridgehead atoms. The van der Waals surface area contributed by atoms with E-state index in [1.54, 1.807) is 12.4 Å². The molecule has 1 aliphatic carbocycles. The molecule has 1 aliphatic rings. The average Bonchev–Trinajstić information content (AvgIpc) is 3.15. The first kappa shape index (κ1) is 18.5. The minimum absolute atomic E-state index is 0.0421. The third-order valence-electron chi connectivity index (χ3n) is 4.30. The molecular formula is C19H23N3O3S. The first-order valence-electron chi connectivity index (χ1n) is 8.90. The lowest BCUT2D eigenvalue weighted by Gasteiger charge is -2.11. The van der Waals surface area contributed by atoms with Crippen LogP contribution in [0.3, 0.4) is 0 Å². The summed E-state index contributed by atoms with van der Waals surface area (Å²) in [5.41, 5.74) is 0.508. The SMILES string of the molecule is CCOc1ccc(-n2ccnc(SCC(=O)NC3CCCC3)c2=O)cc1. The highest BCUT2D eigenvalue weighted by Gasteiger charge is 2.17. The molecule has 1 aromatic heterocycles. The summed E-state index contributed by atoms with van der Waals surface area (Å²) in [5, 5.41) is 3.34. The third kappa shape index (κ3) is 4.66. The number of hydrogen-bond acceptors (Lipinski definition) is 5. The van der Waals surface area contributed by atoms with E-state index in [2.05, 4.69) is 10.3 Å². The molecule has 1 N–H and O–H groups in total. The number of nitrogens with one attached hydrogen (secondary N) is 1. The molecule has 0 aliphatic heterocycles. The van der Waals surface area contributed by atoms with E-state index in [1.807, 2.05) is 31.2 Å². The van der Waals surface area contributed by atoms with Crippen molar-refractivity contribution in [3.05, 3.63) is 47.0 Å². The maximum Gasteiger partial charge on any atom is 0.287 e. The lowest BCUT2D eigenvalue weighted by Crippen LogP contribution is -2.34. The molecule has 2 aromatic rings. The van der Waals surface area contributed by atoms with Gasteiger partial charge in [0.1, 0.15) is 5.75 Å². The smallest absolute Gasteiger partial charge is 0.287 e. The van der Waals surface area contributed by atoms with Crippen molar-refractivity contribution in [2.45, 2.75) is 43.7 Å². The molecule has 0 unspecified atom stereocenters. The van der Waals surface area contributed by atoms with E-state index >= 15 is 0 Å². The van der Waals surface area contributed by atoms with Gasteiger partial charge in [0.2, 0.25) is 5.91 Å². The number of thioether (sulfide) groups is 1. The molecule has 0 saturated heterocycles. The van der Waals surface area contributed by atoms with Gasteiger partial charge in [-0.1, -0.05) is 24.6 Å². The second-order valence-corrected chi connectivity index (χ2v) is 7.14. The van der Waals surface area contributed by atoms with E-state index in [-0.39, 0.29) is 23.3 Å². The van der Waals surface area contributed by atoms with E-state index < -0.39 is 0 Å². The first-order chi connectivity index (χ1) is 12.7. The minimum Gasteiger partial charge on any atom is -0.494 e. The van der Waals surface area contributed by atoms with Gasteiger partial charge >= 0.3 is 0 Å². The Labute approximate surface area is 157 Å². The fraction of sp³-hybridized carbons (Fsp3) is 0.421. The number of aromatic nitrogens is 2. The molecule has 1 saturated carbocycles. The Hall–Kier alpha value is -2.28. The van der Waals surface area contributed by atoms with Crippen LogP contribution in [-0.4, -0.2) is 33.9 Å². The molecule has 138 valence electrons. The summed E-state index contributed by atoms with van der Waals surface area (Å²) in [4.78, 5) is 28.8. The van der Waals surface area contributed by atoms with Crippen LogP contribution in [0.2, 0.25) is 0 Å². The Morgan fingerprint density at radius 3 is 2.73 bits per heavy atom. The average molecular weight is 373 g/mol. The van der Waals surface area contributed by atoms with Gasteiger partial charge in [0.05, 0.1) is 12.4 Å². The number of carbonyl (C=O) groups excluding carboxylic acids is 1. The Balaban J connectivity index is 1.66. The molecule has 1 fully saturated rings. The monoisotopic (exact) mass is 373 g/mol. The van der Waals surface area contributed by atoms with Crippen LogP contribution in [0.25, 0.3) is 5.69 Å². The van der Waals surface area contributed by atoms with Crippen LogP contribution in [0, 0.1) is 0 Å². The highest BCUT2D eigenvalue weighted by Crippen LogP contribution is 2.19. The standard InChI is InChI=1S/C19H23N3O3S/c1-2-25-16-9-7-15(8-10-16)22-12-11-20-18(19(22)24)26-13-17(23)21-14-5-3-4-6-14/h7-12,14H,2-6,13H2,1H3,(H,21,23). The number of carbonyl (C=O) groups is 1. The van der Waals surface area contributed by atoms with Crippen LogP contribution in [-0.2, 0) is 4.79 Å². The van der Waals surface area contributed by atoms with Crippen molar-refractivity contribution in [1.29, 1.82) is 0 Å². The zero-order valence-electron chi connectivity index (χ0n) is 14.8. The molecular weight excluding hydrogens is 350 g/mol. The zero-order chi connectivity index (χ0) is 18.4. The van der Waals surface area contributed by atoms with Crippen LogP contribution in [0.1, 0.15) is 32.6 Å². The van der Waals surface area contributed by atoms with Crippen molar-refractivity contribution in [3.63, 3.8) is 0 Å². The van der Waals surface area contributed by atoms with Gasteiger partial charge in [-0.3, -0.25) is 14.2 Å². The van der Waals surface area contributed by atoms with Gasteiger partial charge in [0.15, 0.2) is 5.03 Å². The fourth-order valence-corrected chi connectivity index (χ4v) is 3.75. The number of amides is 1. The summed E-state index contributed by atoms with van der Waals surface area (Å²) >= 11 is 1.18. The predicted octanol–water partition coefficient (Wildman–Crippen LogP) is 2.78. The van der Waals surface area contributed by atoms with Gasteiger partial charge in [0, 0.05) is 24.1 Å². The number of rotatable bonds is 7. The second-order valence-electron chi connectivity index (χ2n) is 6.17. The molecule has 7 heteroatoms. The Bertz CT molecular complexity index is 798. The van der Waals surface area contributed by atoms with E-state index in [4.69, 9.17) is 4.74 Å². The maximum absolute atomic E-state index is 12.7. The van der Waals surface area contributed by atoms with Crippen molar-refractivity contribution in [1.82, 2.24) is 14.9 Å². The summed E-state index contributed by atoms with van der Waals surface area (Å²) in [6.45, 7) is 2.52. The number of hydrogen-bond donors (Lipinski definition) is 1. The van der Waals surface area contributed by atoms with Crippen LogP contribution < -0.4 is 15.6 Å². The minimum atomic E-state index is -0.227. The lowest BCUT2D eigenvalue weighted by atomic mass is 10.2. The summed E-state index contributed by atoms with van der Waals surface area (Å²) in [6.07, 6.45) is 7.64. The molecule has 1 amide bonds. The normalized spacial score (nSPS) is 14.3. The molecule has 0 radical (unpaired) electrons. The Morgan fingerprint density at radius 2 is 2.04 bits per heavy atom. The number of benzene rings is 1. The van der Waals surface area contributed by atoms with Gasteiger partial charge in [-0.15, -0.1) is 0 Å². The predicted molar refractivity (Wildman–Crippen MR) is 102 cm³/mol. The summed E-state index contributed by atoms with van der Waals surface area (Å²) < 4.78 is 6.95. The van der Waals surface area contributed by atoms with Crippen molar-refractivity contribution < 1.29 is 9.53 Å². The van der Waals surface area contributed by atoms with E-state index in [9.17, 15) is 9.59 Å². The van der Waals surface area contributed by atoms with Crippen LogP contribution in [0.5, 0.6) is 5.75 Å². The molecule has 1 aromatic carbocycles. The first-order valence-corrected chi connectivity index (χ1v) is 9.89.